The van der Waals surface area contributed by atoms with Crippen LogP contribution in [0.1, 0.15) is 30.9 Å². The molecule has 0 bridgehead atoms. The van der Waals surface area contributed by atoms with Gasteiger partial charge in [-0.2, -0.15) is 0 Å². The summed E-state index contributed by atoms with van der Waals surface area (Å²) < 4.78 is 10.4. The quantitative estimate of drug-likeness (QED) is 0.488. The average molecular weight is 362 g/mol. The number of benzene rings is 1. The molecule has 1 fully saturated rings. The molecule has 1 amide bonds. The fraction of sp³-hybridized carbons (Fsp3) is 0.579. The maximum Gasteiger partial charge on any atom is 0.407 e. The first-order valence-electron chi connectivity index (χ1n) is 9.08. The third-order valence-corrected chi connectivity index (χ3v) is 4.37. The molecule has 3 N–H and O–H groups in total. The molecule has 1 saturated carbocycles. The standard InChI is InChI=1S/C19H30N4O3/c1-5-26-19(24)23-16(14-8-9-14)12-22-18(20-3)21-11-15-7-6-13(2)10-17(15)25-4/h6-7,10,14,16H,5,8-9,11-12H2,1-4H3,(H,23,24)(H2,20,21,22). The number of carbonyl (C=O) groups is 1. The number of nitrogens with zero attached hydrogens (tertiary/aromatic N) is 1. The Morgan fingerprint density at radius 3 is 2.73 bits per heavy atom. The number of aliphatic imine (C=N–C) groups is 1. The third kappa shape index (κ3) is 6.13. The molecule has 1 aromatic rings. The number of aryl methyl sites for hydroxylation is 1. The molecule has 0 saturated heterocycles. The molecule has 0 aromatic heterocycles. The van der Waals surface area contributed by atoms with Gasteiger partial charge in [-0.3, -0.25) is 4.99 Å². The highest BCUT2D eigenvalue weighted by Gasteiger charge is 2.32. The highest BCUT2D eigenvalue weighted by molar-refractivity contribution is 5.79. The van der Waals surface area contributed by atoms with Crippen LogP contribution in [0.15, 0.2) is 23.2 Å². The minimum atomic E-state index is -0.362. The van der Waals surface area contributed by atoms with Crippen LogP contribution in [0.2, 0.25) is 0 Å². The van der Waals surface area contributed by atoms with Crippen LogP contribution in [0, 0.1) is 12.8 Å². The van der Waals surface area contributed by atoms with Crippen molar-refractivity contribution in [1.29, 1.82) is 0 Å². The summed E-state index contributed by atoms with van der Waals surface area (Å²) in [4.78, 5) is 15.9. The zero-order chi connectivity index (χ0) is 18.9. The minimum Gasteiger partial charge on any atom is -0.496 e. The van der Waals surface area contributed by atoms with Gasteiger partial charge in [0, 0.05) is 25.7 Å². The van der Waals surface area contributed by atoms with E-state index in [4.69, 9.17) is 9.47 Å². The van der Waals surface area contributed by atoms with E-state index in [1.165, 1.54) is 0 Å². The lowest BCUT2D eigenvalue weighted by Crippen LogP contribution is -2.48. The van der Waals surface area contributed by atoms with Crippen molar-refractivity contribution < 1.29 is 14.3 Å². The lowest BCUT2D eigenvalue weighted by Gasteiger charge is -2.20. The molecule has 7 nitrogen and oxygen atoms in total. The Hall–Kier alpha value is -2.44. The smallest absolute Gasteiger partial charge is 0.407 e. The number of hydrogen-bond donors (Lipinski definition) is 3. The summed E-state index contributed by atoms with van der Waals surface area (Å²) >= 11 is 0. The lowest BCUT2D eigenvalue weighted by atomic mass is 10.1. The van der Waals surface area contributed by atoms with Crippen LogP contribution in [0.25, 0.3) is 0 Å². The van der Waals surface area contributed by atoms with Gasteiger partial charge >= 0.3 is 6.09 Å². The summed E-state index contributed by atoms with van der Waals surface area (Å²) in [7, 11) is 3.40. The summed E-state index contributed by atoms with van der Waals surface area (Å²) in [5.74, 6) is 2.04. The molecular formula is C19H30N4O3. The van der Waals surface area contributed by atoms with E-state index in [0.29, 0.717) is 31.6 Å². The average Bonchev–Trinajstić information content (AvgIpc) is 3.46. The molecule has 7 heteroatoms. The maximum atomic E-state index is 11.7. The first-order valence-corrected chi connectivity index (χ1v) is 9.08. The van der Waals surface area contributed by atoms with Crippen LogP contribution in [0.5, 0.6) is 5.75 Å². The van der Waals surface area contributed by atoms with Crippen molar-refractivity contribution in [2.24, 2.45) is 10.9 Å². The SMILES string of the molecule is CCOC(=O)NC(CNC(=NC)NCc1ccc(C)cc1OC)C1CC1. The van der Waals surface area contributed by atoms with Crippen molar-refractivity contribution in [2.45, 2.75) is 39.3 Å². The molecule has 1 aliphatic carbocycles. The summed E-state index contributed by atoms with van der Waals surface area (Å²) in [6.07, 6.45) is 1.90. The maximum absolute atomic E-state index is 11.7. The van der Waals surface area contributed by atoms with Gasteiger partial charge in [-0.25, -0.2) is 4.79 Å². The van der Waals surface area contributed by atoms with Gasteiger partial charge < -0.3 is 25.4 Å². The van der Waals surface area contributed by atoms with Gasteiger partial charge in [0.05, 0.1) is 19.8 Å². The van der Waals surface area contributed by atoms with Crippen LogP contribution >= 0.6 is 0 Å². The molecule has 1 aromatic carbocycles. The van der Waals surface area contributed by atoms with E-state index in [0.717, 1.165) is 29.7 Å². The molecule has 2 rings (SSSR count). The van der Waals surface area contributed by atoms with Crippen LogP contribution < -0.4 is 20.7 Å². The van der Waals surface area contributed by atoms with Gasteiger partial charge in [0.2, 0.25) is 0 Å². The summed E-state index contributed by atoms with van der Waals surface area (Å²) in [6, 6.07) is 6.16. The van der Waals surface area contributed by atoms with Gasteiger partial charge in [0.25, 0.3) is 0 Å². The van der Waals surface area contributed by atoms with E-state index >= 15 is 0 Å². The van der Waals surface area contributed by atoms with Crippen molar-refractivity contribution in [3.05, 3.63) is 29.3 Å². The van der Waals surface area contributed by atoms with Crippen molar-refractivity contribution in [2.75, 3.05) is 27.3 Å². The Kier molecular flexibility index (Phi) is 7.56. The number of carbonyl (C=O) groups excluding carboxylic acids is 1. The van der Waals surface area contributed by atoms with Crippen molar-refractivity contribution in [1.82, 2.24) is 16.0 Å². The number of nitrogens with one attached hydrogen (secondary N) is 3. The lowest BCUT2D eigenvalue weighted by molar-refractivity contribution is 0.146. The van der Waals surface area contributed by atoms with E-state index < -0.39 is 0 Å². The molecule has 1 unspecified atom stereocenters. The van der Waals surface area contributed by atoms with Gasteiger partial charge in [0.15, 0.2) is 5.96 Å². The second kappa shape index (κ2) is 9.89. The van der Waals surface area contributed by atoms with Gasteiger partial charge in [0.1, 0.15) is 5.75 Å². The molecule has 0 radical (unpaired) electrons. The predicted molar refractivity (Wildman–Crippen MR) is 103 cm³/mol. The van der Waals surface area contributed by atoms with Crippen molar-refractivity contribution in [3.8, 4) is 5.75 Å². The summed E-state index contributed by atoms with van der Waals surface area (Å²) in [5, 5.41) is 9.50. The number of guanidine groups is 1. The highest BCUT2D eigenvalue weighted by Crippen LogP contribution is 2.32. The fourth-order valence-electron chi connectivity index (χ4n) is 2.76. The molecule has 0 heterocycles. The zero-order valence-corrected chi connectivity index (χ0v) is 16.1. The zero-order valence-electron chi connectivity index (χ0n) is 16.1. The van der Waals surface area contributed by atoms with Crippen LogP contribution in [-0.2, 0) is 11.3 Å². The summed E-state index contributed by atoms with van der Waals surface area (Å²) in [5.41, 5.74) is 2.22. The Labute approximate surface area is 155 Å². The third-order valence-electron chi connectivity index (χ3n) is 4.37. The number of ether oxygens (including phenoxy) is 2. The Morgan fingerprint density at radius 1 is 1.35 bits per heavy atom. The molecule has 26 heavy (non-hydrogen) atoms. The van der Waals surface area contributed by atoms with Crippen molar-refractivity contribution in [3.63, 3.8) is 0 Å². The Bertz CT molecular complexity index is 629. The summed E-state index contributed by atoms with van der Waals surface area (Å²) in [6.45, 7) is 5.42. The largest absolute Gasteiger partial charge is 0.496 e. The first-order chi connectivity index (χ1) is 12.6. The van der Waals surface area contributed by atoms with Crippen LogP contribution in [0.3, 0.4) is 0 Å². The van der Waals surface area contributed by atoms with E-state index in [-0.39, 0.29) is 12.1 Å². The Morgan fingerprint density at radius 2 is 2.12 bits per heavy atom. The second-order valence-electron chi connectivity index (χ2n) is 6.43. The highest BCUT2D eigenvalue weighted by atomic mass is 16.5. The van der Waals surface area contributed by atoms with Crippen molar-refractivity contribution >= 4 is 12.1 Å². The molecule has 144 valence electrons. The van der Waals surface area contributed by atoms with Gasteiger partial charge in [-0.05, 0) is 44.2 Å². The van der Waals surface area contributed by atoms with E-state index in [9.17, 15) is 4.79 Å². The first kappa shape index (κ1) is 19.9. The second-order valence-corrected chi connectivity index (χ2v) is 6.43. The number of methoxy groups -OCH3 is 1. The van der Waals surface area contributed by atoms with Crippen LogP contribution in [-0.4, -0.2) is 45.4 Å². The predicted octanol–water partition coefficient (Wildman–Crippen LogP) is 2.19. The monoisotopic (exact) mass is 362 g/mol. The number of alkyl carbamates (subject to hydrolysis) is 1. The van der Waals surface area contributed by atoms with Gasteiger partial charge in [-0.15, -0.1) is 0 Å². The molecule has 1 atom stereocenters. The Balaban J connectivity index is 1.86. The number of hydrogen-bond acceptors (Lipinski definition) is 4. The normalized spacial score (nSPS) is 15.2. The van der Waals surface area contributed by atoms with E-state index in [1.807, 2.05) is 19.1 Å². The minimum absolute atomic E-state index is 0.0431. The number of amides is 1. The molecule has 0 spiro atoms. The molecular weight excluding hydrogens is 332 g/mol. The van der Waals surface area contributed by atoms with Gasteiger partial charge in [-0.1, -0.05) is 12.1 Å². The fourth-order valence-corrected chi connectivity index (χ4v) is 2.76. The number of rotatable bonds is 8. The topological polar surface area (TPSA) is 84.0 Å². The van der Waals surface area contributed by atoms with E-state index in [2.05, 4.69) is 27.0 Å². The van der Waals surface area contributed by atoms with Crippen LogP contribution in [0.4, 0.5) is 4.79 Å². The molecule has 0 aliphatic heterocycles. The molecule has 1 aliphatic rings. The van der Waals surface area contributed by atoms with E-state index in [1.54, 1.807) is 21.1 Å².